The first-order valence-electron chi connectivity index (χ1n) is 5.76. The highest BCUT2D eigenvalue weighted by Crippen LogP contribution is 2.30. The van der Waals surface area contributed by atoms with E-state index in [2.05, 4.69) is 4.72 Å². The second kappa shape index (κ2) is 6.49. The van der Waals surface area contributed by atoms with E-state index in [1.165, 1.54) is 13.0 Å². The number of aryl methyl sites for hydroxylation is 1. The number of halogens is 1. The van der Waals surface area contributed by atoms with Crippen molar-refractivity contribution in [2.75, 3.05) is 6.61 Å². The van der Waals surface area contributed by atoms with Gasteiger partial charge in [0.05, 0.1) is 9.82 Å². The molecule has 2 N–H and O–H groups in total. The highest BCUT2D eigenvalue weighted by atomic mass is 35.5. The fourth-order valence-corrected chi connectivity index (χ4v) is 3.46. The van der Waals surface area contributed by atoms with Crippen LogP contribution in [-0.2, 0) is 10.0 Å². The molecule has 0 saturated heterocycles. The molecule has 0 aromatic heterocycles. The third-order valence-electron chi connectivity index (χ3n) is 2.65. The van der Waals surface area contributed by atoms with Crippen LogP contribution in [-0.4, -0.2) is 31.1 Å². The number of nitrogens with one attached hydrogen (secondary N) is 1. The average Bonchev–Trinajstić information content (AvgIpc) is 2.27. The Morgan fingerprint density at radius 3 is 2.60 bits per heavy atom. The molecule has 0 aliphatic carbocycles. The summed E-state index contributed by atoms with van der Waals surface area (Å²) in [7, 11) is -3.91. The number of hydrogen-bond donors (Lipinski definition) is 2. The second-order valence-corrected chi connectivity index (χ2v) is 6.45. The largest absolute Gasteiger partial charge is 0.396 e. The Balaban J connectivity index is 3.24. The molecule has 0 spiro atoms. The molecule has 112 valence electrons. The number of aliphatic hydroxyl groups excluding tert-OH is 1. The van der Waals surface area contributed by atoms with Crippen molar-refractivity contribution in [2.24, 2.45) is 0 Å². The lowest BCUT2D eigenvalue weighted by Gasteiger charge is -2.14. The fourth-order valence-electron chi connectivity index (χ4n) is 1.65. The van der Waals surface area contributed by atoms with Crippen LogP contribution < -0.4 is 4.72 Å². The molecule has 20 heavy (non-hydrogen) atoms. The van der Waals surface area contributed by atoms with Gasteiger partial charge in [-0.15, -0.1) is 0 Å². The smallest absolute Gasteiger partial charge is 0.289 e. The molecule has 1 unspecified atom stereocenters. The summed E-state index contributed by atoms with van der Waals surface area (Å²) in [4.78, 5) is 9.88. The van der Waals surface area contributed by atoms with E-state index in [4.69, 9.17) is 16.7 Å². The van der Waals surface area contributed by atoms with E-state index in [0.29, 0.717) is 5.56 Å². The van der Waals surface area contributed by atoms with Gasteiger partial charge in [-0.2, -0.15) is 0 Å². The summed E-state index contributed by atoms with van der Waals surface area (Å²) in [6, 6.07) is 1.69. The fraction of sp³-hybridized carbons (Fsp3) is 0.455. The summed E-state index contributed by atoms with van der Waals surface area (Å²) in [5.41, 5.74) is -0.156. The van der Waals surface area contributed by atoms with Crippen molar-refractivity contribution in [3.05, 3.63) is 32.8 Å². The molecular weight excluding hydrogens is 308 g/mol. The number of benzene rings is 1. The normalized spacial score (nSPS) is 13.2. The van der Waals surface area contributed by atoms with Crippen molar-refractivity contribution in [2.45, 2.75) is 31.2 Å². The van der Waals surface area contributed by atoms with Crippen LogP contribution in [0.1, 0.15) is 18.9 Å². The van der Waals surface area contributed by atoms with Gasteiger partial charge in [0.25, 0.3) is 5.69 Å². The van der Waals surface area contributed by atoms with Crippen LogP contribution in [0, 0.1) is 17.0 Å². The van der Waals surface area contributed by atoms with Crippen LogP contribution in [0.25, 0.3) is 0 Å². The predicted octanol–water partition coefficient (Wildman–Crippen LogP) is 1.61. The van der Waals surface area contributed by atoms with Crippen LogP contribution in [0.2, 0.25) is 5.02 Å². The van der Waals surface area contributed by atoms with Gasteiger partial charge >= 0.3 is 0 Å². The SMILES string of the molecule is Cc1cc(Cl)c([N+](=O)[O-])cc1S(=O)(=O)NC(C)CCO. The number of nitro benzene ring substituents is 1. The molecule has 1 aromatic rings. The maximum atomic E-state index is 12.2. The molecule has 0 heterocycles. The lowest BCUT2D eigenvalue weighted by atomic mass is 10.2. The van der Waals surface area contributed by atoms with E-state index in [1.54, 1.807) is 6.92 Å². The van der Waals surface area contributed by atoms with E-state index in [0.717, 1.165) is 6.07 Å². The van der Waals surface area contributed by atoms with Crippen LogP contribution in [0.5, 0.6) is 0 Å². The Morgan fingerprint density at radius 2 is 2.10 bits per heavy atom. The van der Waals surface area contributed by atoms with Crippen molar-refractivity contribution in [3.8, 4) is 0 Å². The Bertz CT molecular complexity index is 617. The maximum absolute atomic E-state index is 12.2. The number of nitrogens with zero attached hydrogens (tertiary/aromatic N) is 1. The number of rotatable bonds is 6. The van der Waals surface area contributed by atoms with Gasteiger partial charge in [0, 0.05) is 18.7 Å². The molecule has 1 rings (SSSR count). The highest BCUT2D eigenvalue weighted by Gasteiger charge is 2.24. The van der Waals surface area contributed by atoms with Crippen LogP contribution in [0.15, 0.2) is 17.0 Å². The molecule has 9 heteroatoms. The lowest BCUT2D eigenvalue weighted by molar-refractivity contribution is -0.384. The zero-order chi connectivity index (χ0) is 15.5. The van der Waals surface area contributed by atoms with Crippen LogP contribution in [0.4, 0.5) is 5.69 Å². The van der Waals surface area contributed by atoms with Gasteiger partial charge < -0.3 is 5.11 Å². The van der Waals surface area contributed by atoms with Crippen molar-refractivity contribution in [3.63, 3.8) is 0 Å². The van der Waals surface area contributed by atoms with E-state index in [1.807, 2.05) is 0 Å². The van der Waals surface area contributed by atoms with Crippen LogP contribution >= 0.6 is 11.6 Å². The number of sulfonamides is 1. The van der Waals surface area contributed by atoms with E-state index < -0.39 is 26.7 Å². The van der Waals surface area contributed by atoms with Crippen molar-refractivity contribution >= 4 is 27.3 Å². The topological polar surface area (TPSA) is 110 Å². The van der Waals surface area contributed by atoms with E-state index in [9.17, 15) is 18.5 Å². The standard InChI is InChI=1S/C11H15ClN2O5S/c1-7-5-9(12)10(14(16)17)6-11(7)20(18,19)13-8(2)3-4-15/h5-6,8,13,15H,3-4H2,1-2H3. The van der Waals surface area contributed by atoms with Crippen LogP contribution in [0.3, 0.4) is 0 Å². The molecule has 0 amide bonds. The van der Waals surface area contributed by atoms with Gasteiger partial charge in [-0.25, -0.2) is 13.1 Å². The molecule has 1 atom stereocenters. The first-order chi connectivity index (χ1) is 9.19. The Kier molecular flexibility index (Phi) is 5.46. The van der Waals surface area contributed by atoms with Gasteiger partial charge in [-0.05, 0) is 31.9 Å². The van der Waals surface area contributed by atoms with Crippen molar-refractivity contribution in [1.82, 2.24) is 4.72 Å². The zero-order valence-corrected chi connectivity index (χ0v) is 12.5. The third-order valence-corrected chi connectivity index (χ3v) is 4.68. The molecule has 0 radical (unpaired) electrons. The van der Waals surface area contributed by atoms with Gasteiger partial charge in [0.15, 0.2) is 0 Å². The molecule has 0 fully saturated rings. The highest BCUT2D eigenvalue weighted by molar-refractivity contribution is 7.89. The van der Waals surface area contributed by atoms with Gasteiger partial charge in [-0.3, -0.25) is 10.1 Å². The van der Waals surface area contributed by atoms with Crippen molar-refractivity contribution in [1.29, 1.82) is 0 Å². The number of aliphatic hydroxyl groups is 1. The monoisotopic (exact) mass is 322 g/mol. The minimum Gasteiger partial charge on any atom is -0.396 e. The van der Waals surface area contributed by atoms with Gasteiger partial charge in [-0.1, -0.05) is 11.6 Å². The summed E-state index contributed by atoms with van der Waals surface area (Å²) >= 11 is 5.71. The number of nitro groups is 1. The minimum atomic E-state index is -3.91. The molecule has 0 aliphatic rings. The predicted molar refractivity (Wildman–Crippen MR) is 74.3 cm³/mol. The summed E-state index contributed by atoms with van der Waals surface area (Å²) in [6.45, 7) is 2.93. The van der Waals surface area contributed by atoms with E-state index in [-0.39, 0.29) is 22.9 Å². The third kappa shape index (κ3) is 3.89. The molecule has 7 nitrogen and oxygen atoms in total. The Labute approximate surface area is 121 Å². The molecular formula is C11H15ClN2O5S. The van der Waals surface area contributed by atoms with E-state index >= 15 is 0 Å². The summed E-state index contributed by atoms with van der Waals surface area (Å²) < 4.78 is 26.7. The Hall–Kier alpha value is -1.22. The quantitative estimate of drug-likeness (QED) is 0.610. The summed E-state index contributed by atoms with van der Waals surface area (Å²) in [5.74, 6) is 0. The Morgan fingerprint density at radius 1 is 1.50 bits per heavy atom. The molecule has 0 aliphatic heterocycles. The van der Waals surface area contributed by atoms with Gasteiger partial charge in [0.2, 0.25) is 10.0 Å². The summed E-state index contributed by atoms with van der Waals surface area (Å²) in [6.07, 6.45) is 0.244. The first-order valence-corrected chi connectivity index (χ1v) is 7.63. The second-order valence-electron chi connectivity index (χ2n) is 4.36. The van der Waals surface area contributed by atoms with Crippen molar-refractivity contribution < 1.29 is 18.4 Å². The maximum Gasteiger partial charge on any atom is 0.289 e. The molecule has 1 aromatic carbocycles. The first kappa shape index (κ1) is 16.8. The minimum absolute atomic E-state index is 0.116. The average molecular weight is 323 g/mol. The lowest BCUT2D eigenvalue weighted by Crippen LogP contribution is -2.33. The molecule has 0 bridgehead atoms. The van der Waals surface area contributed by atoms with Gasteiger partial charge in [0.1, 0.15) is 5.02 Å². The number of hydrogen-bond acceptors (Lipinski definition) is 5. The molecule has 0 saturated carbocycles. The zero-order valence-electron chi connectivity index (χ0n) is 11.0. The summed E-state index contributed by atoms with van der Waals surface area (Å²) in [5, 5.41) is 19.5.